The maximum Gasteiger partial charge on any atom is 0.255 e. The lowest BCUT2D eigenvalue weighted by molar-refractivity contribution is -0.115. The van der Waals surface area contributed by atoms with Crippen molar-refractivity contribution in [3.8, 4) is 5.69 Å². The molecule has 2 N–H and O–H groups in total. The Kier molecular flexibility index (Phi) is 6.82. The zero-order valence-electron chi connectivity index (χ0n) is 20.5. The number of hydrogen-bond donors (Lipinski definition) is 2. The second kappa shape index (κ2) is 9.97. The summed E-state index contributed by atoms with van der Waals surface area (Å²) in [5, 5.41) is 10.2. The van der Waals surface area contributed by atoms with Crippen LogP contribution in [0, 0.1) is 6.92 Å². The zero-order chi connectivity index (χ0) is 25.0. The van der Waals surface area contributed by atoms with Crippen molar-refractivity contribution < 1.29 is 9.59 Å². The maximum absolute atomic E-state index is 12.8. The van der Waals surface area contributed by atoms with E-state index >= 15 is 0 Å². The van der Waals surface area contributed by atoms with Gasteiger partial charge in [0.05, 0.1) is 30.2 Å². The summed E-state index contributed by atoms with van der Waals surface area (Å²) in [5.74, 6) is -0.310. The standard InChI is InChI=1S/C29H30N4O2/c1-20-7-5-8-21(15-20)16-27(34)31-25-18-30-33(19-25)26-10-6-9-22(17-26)28(35)32-24-13-11-23(12-14-24)29(2,3)4/h5-15,17-19H,16H2,1-4H3,(H,31,34)(H,32,35). The van der Waals surface area contributed by atoms with Crippen molar-refractivity contribution in [1.82, 2.24) is 9.78 Å². The molecule has 178 valence electrons. The summed E-state index contributed by atoms with van der Waals surface area (Å²) >= 11 is 0. The highest BCUT2D eigenvalue weighted by atomic mass is 16.2. The molecule has 0 bridgehead atoms. The molecule has 1 aromatic heterocycles. The Bertz CT molecular complexity index is 1350. The summed E-state index contributed by atoms with van der Waals surface area (Å²) in [7, 11) is 0. The Hall–Kier alpha value is -4.19. The lowest BCUT2D eigenvalue weighted by Gasteiger charge is -2.19. The number of hydrogen-bond acceptors (Lipinski definition) is 3. The van der Waals surface area contributed by atoms with Crippen molar-refractivity contribution >= 4 is 23.2 Å². The van der Waals surface area contributed by atoms with Crippen LogP contribution in [0.3, 0.4) is 0 Å². The maximum atomic E-state index is 12.8. The molecule has 0 saturated heterocycles. The summed E-state index contributed by atoms with van der Waals surface area (Å²) in [5.41, 5.74) is 5.92. The number of nitrogens with one attached hydrogen (secondary N) is 2. The van der Waals surface area contributed by atoms with Crippen molar-refractivity contribution in [2.75, 3.05) is 10.6 Å². The first-order valence-corrected chi connectivity index (χ1v) is 11.6. The monoisotopic (exact) mass is 466 g/mol. The van der Waals surface area contributed by atoms with Crippen LogP contribution in [0.4, 0.5) is 11.4 Å². The van der Waals surface area contributed by atoms with Gasteiger partial charge < -0.3 is 10.6 Å². The van der Waals surface area contributed by atoms with E-state index in [-0.39, 0.29) is 17.2 Å². The third-order valence-corrected chi connectivity index (χ3v) is 5.70. The van der Waals surface area contributed by atoms with Crippen LogP contribution in [0.2, 0.25) is 0 Å². The molecule has 0 unspecified atom stereocenters. The normalized spacial score (nSPS) is 11.2. The minimum Gasteiger partial charge on any atom is -0.323 e. The summed E-state index contributed by atoms with van der Waals surface area (Å²) in [6.45, 7) is 8.47. The molecule has 4 rings (SSSR count). The van der Waals surface area contributed by atoms with Crippen molar-refractivity contribution in [2.24, 2.45) is 0 Å². The molecule has 0 spiro atoms. The van der Waals surface area contributed by atoms with Gasteiger partial charge in [0.2, 0.25) is 5.91 Å². The van der Waals surface area contributed by atoms with E-state index in [1.807, 2.05) is 67.6 Å². The number of amides is 2. The molecule has 6 heteroatoms. The number of nitrogens with zero attached hydrogens (tertiary/aromatic N) is 2. The van der Waals surface area contributed by atoms with E-state index in [9.17, 15) is 9.59 Å². The average Bonchev–Trinajstić information content (AvgIpc) is 3.27. The minimum absolute atomic E-state index is 0.0551. The molecule has 0 radical (unpaired) electrons. The van der Waals surface area contributed by atoms with Gasteiger partial charge in [0.15, 0.2) is 0 Å². The number of benzene rings is 3. The average molecular weight is 467 g/mol. The molecule has 1 heterocycles. The van der Waals surface area contributed by atoms with Gasteiger partial charge in [-0.1, -0.05) is 68.8 Å². The lowest BCUT2D eigenvalue weighted by Crippen LogP contribution is -2.14. The van der Waals surface area contributed by atoms with E-state index in [1.165, 1.54) is 5.56 Å². The second-order valence-electron chi connectivity index (χ2n) is 9.72. The second-order valence-corrected chi connectivity index (χ2v) is 9.72. The summed E-state index contributed by atoms with van der Waals surface area (Å²) in [6, 6.07) is 23.0. The van der Waals surface area contributed by atoms with Gasteiger partial charge in [0.1, 0.15) is 0 Å². The van der Waals surface area contributed by atoms with Crippen LogP contribution in [-0.4, -0.2) is 21.6 Å². The molecule has 0 aliphatic heterocycles. The molecule has 4 aromatic rings. The number of carbonyl (C=O) groups excluding carboxylic acids is 2. The number of carbonyl (C=O) groups is 2. The molecular formula is C29H30N4O2. The van der Waals surface area contributed by atoms with Crippen LogP contribution < -0.4 is 10.6 Å². The van der Waals surface area contributed by atoms with Gasteiger partial charge in [-0.3, -0.25) is 9.59 Å². The van der Waals surface area contributed by atoms with Crippen molar-refractivity contribution in [2.45, 2.75) is 39.5 Å². The molecule has 0 atom stereocenters. The topological polar surface area (TPSA) is 76.0 Å². The predicted molar refractivity (Wildman–Crippen MR) is 140 cm³/mol. The third kappa shape index (κ3) is 6.23. The van der Waals surface area contributed by atoms with Crippen LogP contribution in [0.25, 0.3) is 5.69 Å². The lowest BCUT2D eigenvalue weighted by atomic mass is 9.87. The Morgan fingerprint density at radius 2 is 1.63 bits per heavy atom. The van der Waals surface area contributed by atoms with Crippen LogP contribution in [0.5, 0.6) is 0 Å². The van der Waals surface area contributed by atoms with Gasteiger partial charge in [-0.05, 0) is 53.8 Å². The summed E-state index contributed by atoms with van der Waals surface area (Å²) < 4.78 is 1.64. The van der Waals surface area contributed by atoms with Crippen LogP contribution in [0.15, 0.2) is 85.2 Å². The molecule has 2 amide bonds. The SMILES string of the molecule is Cc1cccc(CC(=O)Nc2cnn(-c3cccc(C(=O)Nc4ccc(C(C)(C)C)cc4)c3)c2)c1. The fourth-order valence-corrected chi connectivity index (χ4v) is 3.79. The fourth-order valence-electron chi connectivity index (χ4n) is 3.79. The first-order chi connectivity index (χ1) is 16.7. The molecule has 3 aromatic carbocycles. The van der Waals surface area contributed by atoms with Gasteiger partial charge in [-0.15, -0.1) is 0 Å². The van der Waals surface area contributed by atoms with E-state index in [2.05, 4.69) is 36.5 Å². The fraction of sp³-hybridized carbons (Fsp3) is 0.207. The predicted octanol–water partition coefficient (Wildman–Crippen LogP) is 5.91. The summed E-state index contributed by atoms with van der Waals surface area (Å²) in [6.07, 6.45) is 3.62. The van der Waals surface area contributed by atoms with E-state index in [4.69, 9.17) is 0 Å². The van der Waals surface area contributed by atoms with E-state index < -0.39 is 0 Å². The van der Waals surface area contributed by atoms with Gasteiger partial charge in [-0.2, -0.15) is 5.10 Å². The van der Waals surface area contributed by atoms with Gasteiger partial charge in [0.25, 0.3) is 5.91 Å². The van der Waals surface area contributed by atoms with Crippen LogP contribution >= 0.6 is 0 Å². The largest absolute Gasteiger partial charge is 0.323 e. The Balaban J connectivity index is 1.41. The zero-order valence-corrected chi connectivity index (χ0v) is 20.5. The Labute approximate surface area is 206 Å². The van der Waals surface area contributed by atoms with E-state index in [0.29, 0.717) is 17.7 Å². The van der Waals surface area contributed by atoms with Crippen LogP contribution in [0.1, 0.15) is 47.8 Å². The highest BCUT2D eigenvalue weighted by Gasteiger charge is 2.14. The first kappa shape index (κ1) is 24.0. The highest BCUT2D eigenvalue weighted by molar-refractivity contribution is 6.04. The highest BCUT2D eigenvalue weighted by Crippen LogP contribution is 2.24. The summed E-state index contributed by atoms with van der Waals surface area (Å²) in [4.78, 5) is 25.3. The smallest absolute Gasteiger partial charge is 0.255 e. The van der Waals surface area contributed by atoms with Gasteiger partial charge >= 0.3 is 0 Å². The molecule has 35 heavy (non-hydrogen) atoms. The van der Waals surface area contributed by atoms with Crippen molar-refractivity contribution in [1.29, 1.82) is 0 Å². The first-order valence-electron chi connectivity index (χ1n) is 11.6. The van der Waals surface area contributed by atoms with Crippen LogP contribution in [-0.2, 0) is 16.6 Å². The molecule has 6 nitrogen and oxygen atoms in total. The number of anilines is 2. The molecule has 0 fully saturated rings. The van der Waals surface area contributed by atoms with Gasteiger partial charge in [0, 0.05) is 11.3 Å². The molecule has 0 aliphatic carbocycles. The van der Waals surface area contributed by atoms with E-state index in [0.717, 1.165) is 22.5 Å². The number of rotatable bonds is 6. The Morgan fingerprint density at radius 3 is 2.34 bits per heavy atom. The Morgan fingerprint density at radius 1 is 0.886 bits per heavy atom. The van der Waals surface area contributed by atoms with Crippen molar-refractivity contribution in [3.63, 3.8) is 0 Å². The van der Waals surface area contributed by atoms with E-state index in [1.54, 1.807) is 29.2 Å². The third-order valence-electron chi connectivity index (χ3n) is 5.70. The molecule has 0 saturated carbocycles. The quantitative estimate of drug-likeness (QED) is 0.371. The van der Waals surface area contributed by atoms with Crippen molar-refractivity contribution in [3.05, 3.63) is 107 Å². The number of aromatic nitrogens is 2. The minimum atomic E-state index is -0.200. The molecule has 0 aliphatic rings. The number of aryl methyl sites for hydroxylation is 1. The molecular weight excluding hydrogens is 436 g/mol. The van der Waals surface area contributed by atoms with Gasteiger partial charge in [-0.25, -0.2) is 4.68 Å².